The maximum absolute atomic E-state index is 3.60. The molecule has 1 unspecified atom stereocenters. The highest BCUT2D eigenvalue weighted by molar-refractivity contribution is 7.98. The molecule has 1 nitrogen and oxygen atoms in total. The lowest BCUT2D eigenvalue weighted by Gasteiger charge is -2.19. The zero-order valence-electron chi connectivity index (χ0n) is 12.2. The van der Waals surface area contributed by atoms with Crippen LogP contribution >= 0.6 is 11.8 Å². The first-order valence-corrected chi connectivity index (χ1v) is 8.29. The minimum absolute atomic E-state index is 0.649. The lowest BCUT2D eigenvalue weighted by Crippen LogP contribution is -2.25. The summed E-state index contributed by atoms with van der Waals surface area (Å²) in [5.41, 5.74) is 2.85. The molecule has 0 radical (unpaired) electrons. The largest absolute Gasteiger partial charge is 0.316 e. The van der Waals surface area contributed by atoms with E-state index in [-0.39, 0.29) is 0 Å². The first kappa shape index (κ1) is 15.6. The molecule has 1 N–H and O–H groups in total. The monoisotopic (exact) mass is 265 g/mol. The molecule has 0 aromatic heterocycles. The van der Waals surface area contributed by atoms with Crippen LogP contribution in [0.1, 0.15) is 37.3 Å². The summed E-state index contributed by atoms with van der Waals surface area (Å²) < 4.78 is 0. The van der Waals surface area contributed by atoms with Gasteiger partial charge in [-0.1, -0.05) is 43.7 Å². The quantitative estimate of drug-likeness (QED) is 0.760. The highest BCUT2D eigenvalue weighted by atomic mass is 32.2. The second-order valence-electron chi connectivity index (χ2n) is 5.44. The number of nitrogens with one attached hydrogen (secondary N) is 1. The fourth-order valence-electron chi connectivity index (χ4n) is 2.12. The van der Waals surface area contributed by atoms with Gasteiger partial charge in [0.15, 0.2) is 0 Å². The van der Waals surface area contributed by atoms with Crippen molar-refractivity contribution in [3.05, 3.63) is 35.4 Å². The average Bonchev–Trinajstić information content (AvgIpc) is 2.33. The molecule has 2 heteroatoms. The lowest BCUT2D eigenvalue weighted by atomic mass is 9.95. The molecule has 1 atom stereocenters. The topological polar surface area (TPSA) is 12.0 Å². The first-order chi connectivity index (χ1) is 8.63. The molecule has 0 amide bonds. The van der Waals surface area contributed by atoms with Gasteiger partial charge in [0.1, 0.15) is 0 Å². The van der Waals surface area contributed by atoms with Crippen molar-refractivity contribution in [2.45, 2.75) is 33.1 Å². The van der Waals surface area contributed by atoms with Gasteiger partial charge in [0, 0.05) is 6.54 Å². The maximum atomic E-state index is 3.60. The van der Waals surface area contributed by atoms with Gasteiger partial charge in [0.05, 0.1) is 0 Å². The number of benzene rings is 1. The molecule has 102 valence electrons. The molecule has 1 rings (SSSR count). The van der Waals surface area contributed by atoms with E-state index < -0.39 is 0 Å². The zero-order valence-corrected chi connectivity index (χ0v) is 13.0. The zero-order chi connectivity index (χ0) is 13.4. The minimum Gasteiger partial charge on any atom is -0.316 e. The van der Waals surface area contributed by atoms with Gasteiger partial charge in [0.25, 0.3) is 0 Å². The summed E-state index contributed by atoms with van der Waals surface area (Å²) in [6.45, 7) is 8.91. The lowest BCUT2D eigenvalue weighted by molar-refractivity contribution is 0.511. The van der Waals surface area contributed by atoms with E-state index in [1.165, 1.54) is 23.3 Å². The summed E-state index contributed by atoms with van der Waals surface area (Å²) in [6.07, 6.45) is 3.45. The van der Waals surface area contributed by atoms with E-state index in [0.717, 1.165) is 19.0 Å². The van der Waals surface area contributed by atoms with E-state index >= 15 is 0 Å². The van der Waals surface area contributed by atoms with E-state index in [0.29, 0.717) is 5.92 Å². The van der Waals surface area contributed by atoms with Crippen molar-refractivity contribution in [2.24, 2.45) is 5.92 Å². The van der Waals surface area contributed by atoms with Gasteiger partial charge in [-0.2, -0.15) is 11.8 Å². The van der Waals surface area contributed by atoms with Crippen LogP contribution in [0.15, 0.2) is 24.3 Å². The highest BCUT2D eigenvalue weighted by Crippen LogP contribution is 2.21. The van der Waals surface area contributed by atoms with E-state index in [1.54, 1.807) is 0 Å². The predicted octanol–water partition coefficient (Wildman–Crippen LogP) is 4.08. The summed E-state index contributed by atoms with van der Waals surface area (Å²) in [6, 6.07) is 8.97. The Morgan fingerprint density at radius 2 is 2.00 bits per heavy atom. The molecule has 0 heterocycles. The molecule has 1 aromatic rings. The third-order valence-corrected chi connectivity index (χ3v) is 3.77. The van der Waals surface area contributed by atoms with Gasteiger partial charge in [-0.25, -0.2) is 0 Å². The second-order valence-corrected chi connectivity index (χ2v) is 6.43. The molecule has 0 spiro atoms. The standard InChI is InChI=1S/C16H27NS/c1-13(2)11-17-12-16(8-9-18-4)15-7-5-6-14(3)10-15/h5-7,10,13,16-17H,8-9,11-12H2,1-4H3. The maximum Gasteiger partial charge on any atom is 0.00205 e. The Morgan fingerprint density at radius 3 is 2.61 bits per heavy atom. The van der Waals surface area contributed by atoms with Gasteiger partial charge < -0.3 is 5.32 Å². The van der Waals surface area contributed by atoms with Crippen LogP contribution in [0.4, 0.5) is 0 Å². The van der Waals surface area contributed by atoms with Crippen molar-refractivity contribution in [3.8, 4) is 0 Å². The number of hydrogen-bond donors (Lipinski definition) is 1. The van der Waals surface area contributed by atoms with Crippen LogP contribution in [-0.4, -0.2) is 25.1 Å². The Bertz CT molecular complexity index is 336. The molecule has 0 fully saturated rings. The molecule has 0 aliphatic heterocycles. The fourth-order valence-corrected chi connectivity index (χ4v) is 2.64. The van der Waals surface area contributed by atoms with Crippen molar-refractivity contribution in [1.29, 1.82) is 0 Å². The van der Waals surface area contributed by atoms with E-state index in [4.69, 9.17) is 0 Å². The van der Waals surface area contributed by atoms with Gasteiger partial charge in [-0.05, 0) is 49.3 Å². The highest BCUT2D eigenvalue weighted by Gasteiger charge is 2.11. The summed E-state index contributed by atoms with van der Waals surface area (Å²) >= 11 is 1.94. The number of hydrogen-bond acceptors (Lipinski definition) is 2. The van der Waals surface area contributed by atoms with Gasteiger partial charge >= 0.3 is 0 Å². The van der Waals surface area contributed by atoms with Crippen LogP contribution < -0.4 is 5.32 Å². The normalized spacial score (nSPS) is 12.9. The smallest absolute Gasteiger partial charge is 0.00205 e. The summed E-state index contributed by atoms with van der Waals surface area (Å²) in [4.78, 5) is 0. The van der Waals surface area contributed by atoms with Gasteiger partial charge in [-0.3, -0.25) is 0 Å². The molecular weight excluding hydrogens is 238 g/mol. The minimum atomic E-state index is 0.649. The number of rotatable bonds is 8. The Labute approximate surface area is 117 Å². The Hall–Kier alpha value is -0.470. The third-order valence-electron chi connectivity index (χ3n) is 3.13. The van der Waals surface area contributed by atoms with Crippen LogP contribution in [0, 0.1) is 12.8 Å². The molecule has 0 bridgehead atoms. The summed E-state index contributed by atoms with van der Waals surface area (Å²) in [5.74, 6) is 2.61. The molecule has 18 heavy (non-hydrogen) atoms. The number of thioether (sulfide) groups is 1. The fraction of sp³-hybridized carbons (Fsp3) is 0.625. The van der Waals surface area contributed by atoms with Gasteiger partial charge in [0.2, 0.25) is 0 Å². The van der Waals surface area contributed by atoms with Crippen molar-refractivity contribution < 1.29 is 0 Å². The first-order valence-electron chi connectivity index (χ1n) is 6.89. The average molecular weight is 265 g/mol. The van der Waals surface area contributed by atoms with Gasteiger partial charge in [-0.15, -0.1) is 0 Å². The Balaban J connectivity index is 2.59. The van der Waals surface area contributed by atoms with Crippen LogP contribution in [0.2, 0.25) is 0 Å². The Kier molecular flexibility index (Phi) is 7.45. The molecule has 1 aromatic carbocycles. The van der Waals surface area contributed by atoms with E-state index in [1.807, 2.05) is 11.8 Å². The van der Waals surface area contributed by atoms with Crippen molar-refractivity contribution in [2.75, 3.05) is 25.1 Å². The predicted molar refractivity (Wildman–Crippen MR) is 84.6 cm³/mol. The Morgan fingerprint density at radius 1 is 1.22 bits per heavy atom. The SMILES string of the molecule is CSCCC(CNCC(C)C)c1cccc(C)c1. The van der Waals surface area contributed by atoms with Crippen molar-refractivity contribution in [1.82, 2.24) is 5.32 Å². The molecule has 0 aliphatic carbocycles. The van der Waals surface area contributed by atoms with Crippen LogP contribution in [0.25, 0.3) is 0 Å². The molecular formula is C16H27NS. The van der Waals surface area contributed by atoms with Crippen LogP contribution in [0.5, 0.6) is 0 Å². The van der Waals surface area contributed by atoms with Crippen LogP contribution in [-0.2, 0) is 0 Å². The summed E-state index contributed by atoms with van der Waals surface area (Å²) in [7, 11) is 0. The summed E-state index contributed by atoms with van der Waals surface area (Å²) in [5, 5.41) is 3.60. The number of aryl methyl sites for hydroxylation is 1. The molecule has 0 aliphatic rings. The molecule has 0 saturated heterocycles. The molecule has 0 saturated carbocycles. The third kappa shape index (κ3) is 5.92. The van der Waals surface area contributed by atoms with Crippen molar-refractivity contribution >= 4 is 11.8 Å². The van der Waals surface area contributed by atoms with E-state index in [2.05, 4.69) is 56.6 Å². The second kappa shape index (κ2) is 8.60. The van der Waals surface area contributed by atoms with Crippen molar-refractivity contribution in [3.63, 3.8) is 0 Å². The van der Waals surface area contributed by atoms with E-state index in [9.17, 15) is 0 Å². The van der Waals surface area contributed by atoms with Crippen LogP contribution in [0.3, 0.4) is 0 Å².